The van der Waals surface area contributed by atoms with Crippen LogP contribution in [0.1, 0.15) is 5.56 Å². The van der Waals surface area contributed by atoms with E-state index >= 15 is 0 Å². The summed E-state index contributed by atoms with van der Waals surface area (Å²) >= 11 is 0. The molecule has 0 amide bonds. The number of hydrogen-bond donors (Lipinski definition) is 2. The van der Waals surface area contributed by atoms with E-state index in [1.165, 1.54) is 6.07 Å². The summed E-state index contributed by atoms with van der Waals surface area (Å²) in [6.07, 6.45) is 0. The van der Waals surface area contributed by atoms with Crippen molar-refractivity contribution in [1.82, 2.24) is 4.98 Å². The number of aromatic nitrogens is 1. The van der Waals surface area contributed by atoms with Gasteiger partial charge in [0.2, 0.25) is 0 Å². The molecule has 0 bridgehead atoms. The number of aromatic amines is 1. The van der Waals surface area contributed by atoms with Gasteiger partial charge in [0.15, 0.2) is 11.6 Å². The number of halogens is 2. The second-order valence-electron chi connectivity index (χ2n) is 4.29. The number of para-hydroxylation sites is 1. The van der Waals surface area contributed by atoms with E-state index in [0.717, 1.165) is 23.0 Å². The SMILES string of the molecule is N#Cc1c(Nc2ccc(F)c(F)c2)[nH]c2ccccc12. The van der Waals surface area contributed by atoms with Gasteiger partial charge in [-0.1, -0.05) is 18.2 Å². The van der Waals surface area contributed by atoms with Crippen LogP contribution in [0.3, 0.4) is 0 Å². The molecule has 2 N–H and O–H groups in total. The van der Waals surface area contributed by atoms with Gasteiger partial charge in [-0.15, -0.1) is 0 Å². The standard InChI is InChI=1S/C15H9F2N3/c16-12-6-5-9(7-13(12)17)19-15-11(8-18)10-3-1-2-4-14(10)20-15/h1-7,19-20H. The van der Waals surface area contributed by atoms with Crippen molar-refractivity contribution in [2.24, 2.45) is 0 Å². The number of rotatable bonds is 2. The summed E-state index contributed by atoms with van der Waals surface area (Å²) in [5.41, 5.74) is 1.60. The lowest BCUT2D eigenvalue weighted by Gasteiger charge is -2.05. The van der Waals surface area contributed by atoms with Crippen LogP contribution >= 0.6 is 0 Å². The first kappa shape index (κ1) is 12.2. The van der Waals surface area contributed by atoms with Gasteiger partial charge in [-0.05, 0) is 18.2 Å². The van der Waals surface area contributed by atoms with Gasteiger partial charge in [0.1, 0.15) is 17.5 Å². The van der Waals surface area contributed by atoms with Gasteiger partial charge in [-0.25, -0.2) is 8.78 Å². The van der Waals surface area contributed by atoms with Gasteiger partial charge in [0.05, 0.1) is 0 Å². The van der Waals surface area contributed by atoms with Crippen LogP contribution in [0, 0.1) is 23.0 Å². The summed E-state index contributed by atoms with van der Waals surface area (Å²) in [5.74, 6) is -1.39. The molecule has 0 radical (unpaired) electrons. The van der Waals surface area contributed by atoms with Crippen molar-refractivity contribution in [1.29, 1.82) is 5.26 Å². The van der Waals surface area contributed by atoms with Gasteiger partial charge in [-0.3, -0.25) is 0 Å². The zero-order valence-corrected chi connectivity index (χ0v) is 10.2. The normalized spacial score (nSPS) is 10.4. The Hall–Kier alpha value is -2.87. The highest BCUT2D eigenvalue weighted by molar-refractivity contribution is 5.92. The van der Waals surface area contributed by atoms with Crippen molar-refractivity contribution in [2.75, 3.05) is 5.32 Å². The number of nitrogens with one attached hydrogen (secondary N) is 2. The average molecular weight is 269 g/mol. The molecule has 1 heterocycles. The molecule has 0 aliphatic rings. The molecule has 3 nitrogen and oxygen atoms in total. The first-order valence-electron chi connectivity index (χ1n) is 5.92. The van der Waals surface area contributed by atoms with Gasteiger partial charge < -0.3 is 10.3 Å². The first-order valence-corrected chi connectivity index (χ1v) is 5.92. The average Bonchev–Trinajstić information content (AvgIpc) is 2.80. The molecule has 0 aliphatic carbocycles. The minimum absolute atomic E-state index is 0.368. The molecular formula is C15H9F2N3. The second kappa shape index (κ2) is 4.67. The number of fused-ring (bicyclic) bond motifs is 1. The Morgan fingerprint density at radius 2 is 1.85 bits per heavy atom. The van der Waals surface area contributed by atoms with Crippen LogP contribution in [0.5, 0.6) is 0 Å². The molecule has 5 heteroatoms. The van der Waals surface area contributed by atoms with Crippen molar-refractivity contribution in [3.05, 3.63) is 59.7 Å². The fourth-order valence-electron chi connectivity index (χ4n) is 2.07. The van der Waals surface area contributed by atoms with Crippen molar-refractivity contribution in [3.63, 3.8) is 0 Å². The minimum atomic E-state index is -0.940. The topological polar surface area (TPSA) is 51.6 Å². The van der Waals surface area contributed by atoms with E-state index in [0.29, 0.717) is 17.1 Å². The lowest BCUT2D eigenvalue weighted by atomic mass is 10.2. The van der Waals surface area contributed by atoms with Crippen LogP contribution in [0.25, 0.3) is 10.9 Å². The monoisotopic (exact) mass is 269 g/mol. The summed E-state index contributed by atoms with van der Waals surface area (Å²) in [6, 6.07) is 12.9. The fourth-order valence-corrected chi connectivity index (χ4v) is 2.07. The molecule has 0 spiro atoms. The van der Waals surface area contributed by atoms with Crippen molar-refractivity contribution in [2.45, 2.75) is 0 Å². The molecule has 3 rings (SSSR count). The van der Waals surface area contributed by atoms with E-state index in [-0.39, 0.29) is 0 Å². The molecule has 0 saturated heterocycles. The lowest BCUT2D eigenvalue weighted by Crippen LogP contribution is -1.94. The number of nitriles is 1. The zero-order chi connectivity index (χ0) is 14.1. The van der Waals surface area contributed by atoms with Crippen LogP contribution in [0.4, 0.5) is 20.3 Å². The number of benzene rings is 2. The van der Waals surface area contributed by atoms with E-state index in [1.807, 2.05) is 24.3 Å². The van der Waals surface area contributed by atoms with Crippen LogP contribution < -0.4 is 5.32 Å². The number of anilines is 2. The highest BCUT2D eigenvalue weighted by Gasteiger charge is 2.11. The summed E-state index contributed by atoms with van der Waals surface area (Å²) in [5, 5.41) is 12.9. The Kier molecular flexibility index (Phi) is 2.84. The van der Waals surface area contributed by atoms with Gasteiger partial charge in [-0.2, -0.15) is 5.26 Å². The molecule has 98 valence electrons. The quantitative estimate of drug-likeness (QED) is 0.737. The summed E-state index contributed by atoms with van der Waals surface area (Å²) in [7, 11) is 0. The second-order valence-corrected chi connectivity index (χ2v) is 4.29. The molecule has 1 aromatic heterocycles. The van der Waals surface area contributed by atoms with E-state index in [2.05, 4.69) is 16.4 Å². The molecule has 20 heavy (non-hydrogen) atoms. The summed E-state index contributed by atoms with van der Waals surface area (Å²) in [6.45, 7) is 0. The minimum Gasteiger partial charge on any atom is -0.341 e. The molecule has 0 aliphatic heterocycles. The van der Waals surface area contributed by atoms with E-state index in [4.69, 9.17) is 0 Å². The largest absolute Gasteiger partial charge is 0.341 e. The maximum absolute atomic E-state index is 13.2. The fraction of sp³-hybridized carbons (Fsp3) is 0. The van der Waals surface area contributed by atoms with Crippen LogP contribution in [0.15, 0.2) is 42.5 Å². The molecule has 0 saturated carbocycles. The first-order chi connectivity index (χ1) is 9.69. The van der Waals surface area contributed by atoms with Crippen LogP contribution in [-0.4, -0.2) is 4.98 Å². The van der Waals surface area contributed by atoms with E-state index in [1.54, 1.807) is 0 Å². The lowest BCUT2D eigenvalue weighted by molar-refractivity contribution is 0.509. The molecular weight excluding hydrogens is 260 g/mol. The summed E-state index contributed by atoms with van der Waals surface area (Å²) in [4.78, 5) is 3.05. The predicted octanol–water partition coefficient (Wildman–Crippen LogP) is 4.06. The Bertz CT molecular complexity index is 831. The predicted molar refractivity (Wildman–Crippen MR) is 72.7 cm³/mol. The molecule has 2 aromatic carbocycles. The molecule has 0 fully saturated rings. The molecule has 0 atom stereocenters. The number of nitrogens with zero attached hydrogens (tertiary/aromatic N) is 1. The van der Waals surface area contributed by atoms with Crippen molar-refractivity contribution < 1.29 is 8.78 Å². The van der Waals surface area contributed by atoms with Crippen LogP contribution in [-0.2, 0) is 0 Å². The molecule has 3 aromatic rings. The van der Waals surface area contributed by atoms with Gasteiger partial charge in [0, 0.05) is 22.7 Å². The Morgan fingerprint density at radius 3 is 2.60 bits per heavy atom. The number of hydrogen-bond acceptors (Lipinski definition) is 2. The van der Waals surface area contributed by atoms with Crippen LogP contribution in [0.2, 0.25) is 0 Å². The third-order valence-electron chi connectivity index (χ3n) is 3.01. The maximum atomic E-state index is 13.2. The Morgan fingerprint density at radius 1 is 1.05 bits per heavy atom. The van der Waals surface area contributed by atoms with E-state index in [9.17, 15) is 14.0 Å². The van der Waals surface area contributed by atoms with Gasteiger partial charge in [0.25, 0.3) is 0 Å². The molecule has 0 unspecified atom stereocenters. The maximum Gasteiger partial charge on any atom is 0.160 e. The van der Waals surface area contributed by atoms with E-state index < -0.39 is 11.6 Å². The Labute approximate surface area is 113 Å². The Balaban J connectivity index is 2.06. The zero-order valence-electron chi connectivity index (χ0n) is 10.2. The number of H-pyrrole nitrogens is 1. The highest BCUT2D eigenvalue weighted by Crippen LogP contribution is 2.28. The van der Waals surface area contributed by atoms with Crippen molar-refractivity contribution in [3.8, 4) is 6.07 Å². The van der Waals surface area contributed by atoms with Gasteiger partial charge >= 0.3 is 0 Å². The third-order valence-corrected chi connectivity index (χ3v) is 3.01. The smallest absolute Gasteiger partial charge is 0.160 e. The highest BCUT2D eigenvalue weighted by atomic mass is 19.2. The third kappa shape index (κ3) is 1.97. The van der Waals surface area contributed by atoms with Crippen molar-refractivity contribution >= 4 is 22.4 Å². The summed E-state index contributed by atoms with van der Waals surface area (Å²) < 4.78 is 26.1.